The molecular weight excluding hydrogens is 166 g/mol. The van der Waals surface area contributed by atoms with Crippen LogP contribution < -0.4 is 5.73 Å². The molecule has 0 saturated carbocycles. The number of hydrogen-bond acceptors (Lipinski definition) is 3. The van der Waals surface area contributed by atoms with Crippen LogP contribution in [0.2, 0.25) is 0 Å². The Labute approximate surface area is 73.7 Å². The third kappa shape index (κ3) is 7.62. The van der Waals surface area contributed by atoms with E-state index in [0.717, 1.165) is 6.42 Å². The summed E-state index contributed by atoms with van der Waals surface area (Å²) in [7, 11) is 0. The first kappa shape index (κ1) is 13.3. The summed E-state index contributed by atoms with van der Waals surface area (Å²) >= 11 is 0. The Morgan fingerprint density at radius 1 is 1.55 bits per heavy atom. The summed E-state index contributed by atoms with van der Waals surface area (Å²) in [4.78, 5) is 10.7. The Morgan fingerprint density at radius 2 is 2.09 bits per heavy atom. The van der Waals surface area contributed by atoms with Crippen molar-refractivity contribution in [3.8, 4) is 0 Å². The van der Waals surface area contributed by atoms with Crippen LogP contribution in [0.25, 0.3) is 0 Å². The number of halogens is 1. The quantitative estimate of drug-likeness (QED) is 0.661. The highest BCUT2D eigenvalue weighted by Gasteiger charge is 2.06. The van der Waals surface area contributed by atoms with E-state index in [1.165, 1.54) is 0 Å². The Hall–Kier alpha value is -0.280. The Bertz CT molecular complexity index is 109. The zero-order valence-electron chi connectivity index (χ0n) is 7.00. The highest BCUT2D eigenvalue weighted by atomic mass is 35.5. The molecule has 0 spiro atoms. The average molecular weight is 182 g/mol. The van der Waals surface area contributed by atoms with E-state index in [1.54, 1.807) is 6.92 Å². The lowest BCUT2D eigenvalue weighted by atomic mass is 10.2. The first-order valence-electron chi connectivity index (χ1n) is 3.61. The molecule has 0 heterocycles. The van der Waals surface area contributed by atoms with E-state index in [9.17, 15) is 4.79 Å². The lowest BCUT2D eigenvalue weighted by Gasteiger charge is -2.06. The van der Waals surface area contributed by atoms with Crippen LogP contribution in [-0.4, -0.2) is 18.6 Å². The number of carbonyl (C=O) groups is 1. The van der Waals surface area contributed by atoms with Crippen LogP contribution >= 0.6 is 12.4 Å². The average Bonchev–Trinajstić information content (AvgIpc) is 1.88. The second kappa shape index (κ2) is 7.82. The first-order chi connectivity index (χ1) is 4.70. The van der Waals surface area contributed by atoms with E-state index < -0.39 is 0 Å². The minimum Gasteiger partial charge on any atom is -0.466 e. The fraction of sp³-hybridized carbons (Fsp3) is 0.857. The number of nitrogens with two attached hydrogens (primary N) is 1. The SMILES string of the molecule is CCOC(=O)CC(N)CC.Cl. The van der Waals surface area contributed by atoms with Gasteiger partial charge in [0, 0.05) is 6.04 Å². The summed E-state index contributed by atoms with van der Waals surface area (Å²) in [6, 6.07) is -0.0425. The smallest absolute Gasteiger partial charge is 0.307 e. The summed E-state index contributed by atoms with van der Waals surface area (Å²) in [5.74, 6) is -0.197. The van der Waals surface area contributed by atoms with Gasteiger partial charge in [-0.15, -0.1) is 12.4 Å². The fourth-order valence-corrected chi connectivity index (χ4v) is 0.578. The molecule has 3 nitrogen and oxygen atoms in total. The Kier molecular flexibility index (Phi) is 9.47. The third-order valence-corrected chi connectivity index (χ3v) is 1.26. The molecule has 0 bridgehead atoms. The molecule has 1 unspecified atom stereocenters. The van der Waals surface area contributed by atoms with Gasteiger partial charge in [-0.1, -0.05) is 6.92 Å². The van der Waals surface area contributed by atoms with Crippen molar-refractivity contribution in [3.63, 3.8) is 0 Å². The van der Waals surface area contributed by atoms with Crippen LogP contribution in [0.15, 0.2) is 0 Å². The van der Waals surface area contributed by atoms with Crippen LogP contribution in [0.3, 0.4) is 0 Å². The van der Waals surface area contributed by atoms with Gasteiger partial charge in [0.2, 0.25) is 0 Å². The van der Waals surface area contributed by atoms with E-state index in [0.29, 0.717) is 13.0 Å². The minimum absolute atomic E-state index is 0. The van der Waals surface area contributed by atoms with Crippen LogP contribution in [0.5, 0.6) is 0 Å². The summed E-state index contributed by atoms with van der Waals surface area (Å²) in [6.07, 6.45) is 1.16. The highest BCUT2D eigenvalue weighted by molar-refractivity contribution is 5.85. The molecule has 68 valence electrons. The summed E-state index contributed by atoms with van der Waals surface area (Å²) in [6.45, 7) is 4.18. The Morgan fingerprint density at radius 3 is 2.45 bits per heavy atom. The van der Waals surface area contributed by atoms with Gasteiger partial charge < -0.3 is 10.5 Å². The van der Waals surface area contributed by atoms with Crippen molar-refractivity contribution >= 4 is 18.4 Å². The van der Waals surface area contributed by atoms with Gasteiger partial charge in [-0.05, 0) is 13.3 Å². The molecule has 0 aliphatic carbocycles. The van der Waals surface area contributed by atoms with Crippen LogP contribution in [0.1, 0.15) is 26.7 Å². The van der Waals surface area contributed by atoms with Gasteiger partial charge in [0.25, 0.3) is 0 Å². The van der Waals surface area contributed by atoms with Crippen LogP contribution in [-0.2, 0) is 9.53 Å². The second-order valence-electron chi connectivity index (χ2n) is 2.18. The van der Waals surface area contributed by atoms with Crippen molar-refractivity contribution in [1.29, 1.82) is 0 Å². The predicted octanol–water partition coefficient (Wildman–Crippen LogP) is 1.10. The fourth-order valence-electron chi connectivity index (χ4n) is 0.578. The van der Waals surface area contributed by atoms with Crippen molar-refractivity contribution in [2.75, 3.05) is 6.61 Å². The predicted molar refractivity (Wildman–Crippen MR) is 46.8 cm³/mol. The zero-order valence-corrected chi connectivity index (χ0v) is 7.82. The van der Waals surface area contributed by atoms with E-state index in [4.69, 9.17) is 10.5 Å². The summed E-state index contributed by atoms with van der Waals surface area (Å²) < 4.78 is 4.70. The minimum atomic E-state index is -0.197. The van der Waals surface area contributed by atoms with Gasteiger partial charge in [0.1, 0.15) is 0 Å². The lowest BCUT2D eigenvalue weighted by molar-refractivity contribution is -0.143. The summed E-state index contributed by atoms with van der Waals surface area (Å²) in [5.41, 5.74) is 5.50. The first-order valence-corrected chi connectivity index (χ1v) is 3.61. The zero-order chi connectivity index (χ0) is 7.98. The Balaban J connectivity index is 0. The lowest BCUT2D eigenvalue weighted by Crippen LogP contribution is -2.23. The standard InChI is InChI=1S/C7H15NO2.ClH/c1-3-6(8)5-7(9)10-4-2;/h6H,3-5,8H2,1-2H3;1H. The third-order valence-electron chi connectivity index (χ3n) is 1.26. The van der Waals surface area contributed by atoms with Crippen LogP contribution in [0.4, 0.5) is 0 Å². The normalized spacial score (nSPS) is 11.5. The highest BCUT2D eigenvalue weighted by Crippen LogP contribution is 1.95. The number of carbonyl (C=O) groups excluding carboxylic acids is 1. The van der Waals surface area contributed by atoms with E-state index in [-0.39, 0.29) is 24.4 Å². The molecular formula is C7H16ClNO2. The van der Waals surface area contributed by atoms with Gasteiger partial charge in [0.15, 0.2) is 0 Å². The second-order valence-corrected chi connectivity index (χ2v) is 2.18. The molecule has 0 amide bonds. The van der Waals surface area contributed by atoms with Crippen molar-refractivity contribution in [3.05, 3.63) is 0 Å². The maximum absolute atomic E-state index is 10.7. The number of esters is 1. The van der Waals surface area contributed by atoms with Crippen molar-refractivity contribution in [1.82, 2.24) is 0 Å². The molecule has 11 heavy (non-hydrogen) atoms. The molecule has 1 atom stereocenters. The van der Waals surface area contributed by atoms with Crippen molar-refractivity contribution in [2.24, 2.45) is 5.73 Å². The molecule has 0 aromatic carbocycles. The van der Waals surface area contributed by atoms with E-state index >= 15 is 0 Å². The molecule has 0 saturated heterocycles. The van der Waals surface area contributed by atoms with Gasteiger partial charge >= 0.3 is 5.97 Å². The van der Waals surface area contributed by atoms with Gasteiger partial charge in [-0.3, -0.25) is 4.79 Å². The molecule has 0 radical (unpaired) electrons. The van der Waals surface area contributed by atoms with E-state index in [2.05, 4.69) is 0 Å². The number of hydrogen-bond donors (Lipinski definition) is 1. The molecule has 4 heteroatoms. The van der Waals surface area contributed by atoms with Gasteiger partial charge in [-0.2, -0.15) is 0 Å². The number of rotatable bonds is 4. The molecule has 2 N–H and O–H groups in total. The van der Waals surface area contributed by atoms with Crippen molar-refractivity contribution in [2.45, 2.75) is 32.7 Å². The molecule has 0 fully saturated rings. The topological polar surface area (TPSA) is 52.3 Å². The van der Waals surface area contributed by atoms with Crippen LogP contribution in [0, 0.1) is 0 Å². The molecule has 0 aliphatic rings. The maximum Gasteiger partial charge on any atom is 0.307 e. The van der Waals surface area contributed by atoms with Gasteiger partial charge in [-0.25, -0.2) is 0 Å². The maximum atomic E-state index is 10.7. The van der Waals surface area contributed by atoms with Gasteiger partial charge in [0.05, 0.1) is 13.0 Å². The van der Waals surface area contributed by atoms with Crippen molar-refractivity contribution < 1.29 is 9.53 Å². The van der Waals surface area contributed by atoms with E-state index in [1.807, 2.05) is 6.92 Å². The summed E-state index contributed by atoms with van der Waals surface area (Å²) in [5, 5.41) is 0. The monoisotopic (exact) mass is 181 g/mol. The number of ether oxygens (including phenoxy) is 1. The molecule has 0 aromatic heterocycles. The molecule has 0 rings (SSSR count). The molecule has 0 aromatic rings. The molecule has 0 aliphatic heterocycles. The largest absolute Gasteiger partial charge is 0.466 e.